The fourth-order valence-corrected chi connectivity index (χ4v) is 4.19. The van der Waals surface area contributed by atoms with E-state index >= 15 is 0 Å². The van der Waals surface area contributed by atoms with Gasteiger partial charge in [-0.2, -0.15) is 0 Å². The standard InChI is InChI=1S/C24H31N3O5S/c1-5-22(24(29)25-17(2)3)26(14-19-7-6-8-21(13-19)32-4)23(28)16-33-15-18-9-11-20(12-10-18)27(30)31/h6-13,17,22H,5,14-16H2,1-4H3,(H,25,29)/t22-/m0/s1. The number of ether oxygens (including phenoxy) is 1. The normalized spacial score (nSPS) is 11.7. The van der Waals surface area contributed by atoms with E-state index in [0.717, 1.165) is 11.1 Å². The van der Waals surface area contributed by atoms with Gasteiger partial charge in [-0.3, -0.25) is 19.7 Å². The van der Waals surface area contributed by atoms with E-state index in [1.807, 2.05) is 45.0 Å². The minimum Gasteiger partial charge on any atom is -0.497 e. The molecule has 0 aromatic heterocycles. The van der Waals surface area contributed by atoms with E-state index in [1.165, 1.54) is 23.9 Å². The minimum atomic E-state index is -0.592. The molecule has 0 radical (unpaired) electrons. The van der Waals surface area contributed by atoms with Crippen LogP contribution in [0.4, 0.5) is 5.69 Å². The Hall–Kier alpha value is -3.07. The molecule has 0 spiro atoms. The molecule has 2 aromatic carbocycles. The number of rotatable bonds is 12. The first-order valence-electron chi connectivity index (χ1n) is 10.8. The monoisotopic (exact) mass is 473 g/mol. The summed E-state index contributed by atoms with van der Waals surface area (Å²) in [6.45, 7) is 5.95. The number of non-ortho nitro benzene ring substituents is 1. The van der Waals surface area contributed by atoms with Gasteiger partial charge in [0.05, 0.1) is 17.8 Å². The van der Waals surface area contributed by atoms with Gasteiger partial charge in [0.25, 0.3) is 5.69 Å². The zero-order valence-corrected chi connectivity index (χ0v) is 20.3. The number of thioether (sulfide) groups is 1. The van der Waals surface area contributed by atoms with Crippen molar-refractivity contribution in [2.45, 2.75) is 51.6 Å². The maximum absolute atomic E-state index is 13.2. The van der Waals surface area contributed by atoms with Gasteiger partial charge in [0.2, 0.25) is 11.8 Å². The maximum Gasteiger partial charge on any atom is 0.269 e. The van der Waals surface area contributed by atoms with Gasteiger partial charge < -0.3 is 15.0 Å². The zero-order valence-electron chi connectivity index (χ0n) is 19.4. The number of amides is 2. The SMILES string of the molecule is CC[C@@H](C(=O)NC(C)C)N(Cc1cccc(OC)c1)C(=O)CSCc1ccc([N+](=O)[O-])cc1. The van der Waals surface area contributed by atoms with Gasteiger partial charge in [-0.25, -0.2) is 0 Å². The van der Waals surface area contributed by atoms with Gasteiger partial charge in [-0.15, -0.1) is 11.8 Å². The summed E-state index contributed by atoms with van der Waals surface area (Å²) in [7, 11) is 1.59. The third-order valence-electron chi connectivity index (χ3n) is 4.95. The quantitative estimate of drug-likeness (QED) is 0.367. The number of carbonyl (C=O) groups is 2. The highest BCUT2D eigenvalue weighted by atomic mass is 32.2. The van der Waals surface area contributed by atoms with Crippen molar-refractivity contribution < 1.29 is 19.2 Å². The van der Waals surface area contributed by atoms with Gasteiger partial charge in [-0.1, -0.05) is 31.2 Å². The predicted octanol–water partition coefficient (Wildman–Crippen LogP) is 4.17. The zero-order chi connectivity index (χ0) is 24.4. The van der Waals surface area contributed by atoms with Gasteiger partial charge in [-0.05, 0) is 43.5 Å². The number of nitrogens with zero attached hydrogens (tertiary/aromatic N) is 2. The number of nitro benzene ring substituents is 1. The third kappa shape index (κ3) is 8.09. The van der Waals surface area contributed by atoms with E-state index in [2.05, 4.69) is 5.32 Å². The second-order valence-corrected chi connectivity index (χ2v) is 8.86. The van der Waals surface area contributed by atoms with Crippen molar-refractivity contribution in [3.63, 3.8) is 0 Å². The van der Waals surface area contributed by atoms with Crippen LogP contribution < -0.4 is 10.1 Å². The molecule has 1 atom stereocenters. The van der Waals surface area contributed by atoms with E-state index < -0.39 is 11.0 Å². The Morgan fingerprint density at radius 1 is 1.15 bits per heavy atom. The molecule has 178 valence electrons. The molecule has 2 rings (SSSR count). The van der Waals surface area contributed by atoms with Crippen LogP contribution in [0.3, 0.4) is 0 Å². The lowest BCUT2D eigenvalue weighted by Crippen LogP contribution is -2.50. The van der Waals surface area contributed by atoms with Crippen molar-refractivity contribution in [1.29, 1.82) is 0 Å². The number of nitro groups is 1. The van der Waals surface area contributed by atoms with E-state index in [4.69, 9.17) is 4.74 Å². The van der Waals surface area contributed by atoms with Crippen LogP contribution in [-0.4, -0.2) is 46.6 Å². The van der Waals surface area contributed by atoms with Crippen molar-refractivity contribution in [3.05, 3.63) is 69.8 Å². The summed E-state index contributed by atoms with van der Waals surface area (Å²) in [6.07, 6.45) is 0.487. The predicted molar refractivity (Wildman–Crippen MR) is 130 cm³/mol. The average molecular weight is 474 g/mol. The molecule has 33 heavy (non-hydrogen) atoms. The first-order valence-corrected chi connectivity index (χ1v) is 11.9. The molecule has 9 heteroatoms. The first-order chi connectivity index (χ1) is 15.7. The summed E-state index contributed by atoms with van der Waals surface area (Å²) >= 11 is 1.41. The molecule has 0 aliphatic heterocycles. The van der Waals surface area contributed by atoms with E-state index in [9.17, 15) is 19.7 Å². The van der Waals surface area contributed by atoms with Crippen molar-refractivity contribution in [2.24, 2.45) is 0 Å². The Labute approximate surface area is 198 Å². The Morgan fingerprint density at radius 2 is 1.85 bits per heavy atom. The van der Waals surface area contributed by atoms with Crippen LogP contribution >= 0.6 is 11.8 Å². The number of methoxy groups -OCH3 is 1. The summed E-state index contributed by atoms with van der Waals surface area (Å²) < 4.78 is 5.29. The molecule has 0 unspecified atom stereocenters. The highest BCUT2D eigenvalue weighted by Gasteiger charge is 2.29. The number of carbonyl (C=O) groups excluding carboxylic acids is 2. The van der Waals surface area contributed by atoms with Crippen molar-refractivity contribution in [2.75, 3.05) is 12.9 Å². The summed E-state index contributed by atoms with van der Waals surface area (Å²) in [5.41, 5.74) is 1.80. The van der Waals surface area contributed by atoms with E-state index in [-0.39, 0.29) is 35.8 Å². The Kier molecular flexibility index (Phi) is 10.2. The van der Waals surface area contributed by atoms with Crippen molar-refractivity contribution >= 4 is 29.3 Å². The van der Waals surface area contributed by atoms with Gasteiger partial charge in [0, 0.05) is 30.5 Å². The molecule has 0 saturated carbocycles. The summed E-state index contributed by atoms with van der Waals surface area (Å²) in [5, 5.41) is 13.7. The number of hydrogen-bond acceptors (Lipinski definition) is 6. The van der Waals surface area contributed by atoms with Gasteiger partial charge >= 0.3 is 0 Å². The fourth-order valence-electron chi connectivity index (χ4n) is 3.32. The lowest BCUT2D eigenvalue weighted by molar-refractivity contribution is -0.384. The molecule has 8 nitrogen and oxygen atoms in total. The molecule has 2 aromatic rings. The van der Waals surface area contributed by atoms with Crippen LogP contribution in [0.15, 0.2) is 48.5 Å². The Bertz CT molecular complexity index is 949. The van der Waals surface area contributed by atoms with Crippen LogP contribution in [0.5, 0.6) is 5.75 Å². The summed E-state index contributed by atoms with van der Waals surface area (Å²) in [6, 6.07) is 13.1. The lowest BCUT2D eigenvalue weighted by atomic mass is 10.1. The van der Waals surface area contributed by atoms with E-state index in [0.29, 0.717) is 17.9 Å². The second kappa shape index (κ2) is 12.8. The minimum absolute atomic E-state index is 0.0307. The molecule has 0 aliphatic carbocycles. The highest BCUT2D eigenvalue weighted by molar-refractivity contribution is 7.99. The molecule has 0 aliphatic rings. The molecule has 1 N–H and O–H groups in total. The van der Waals surface area contributed by atoms with Crippen molar-refractivity contribution in [3.8, 4) is 5.75 Å². The topological polar surface area (TPSA) is 102 Å². The lowest BCUT2D eigenvalue weighted by Gasteiger charge is -2.31. The molecule has 0 bridgehead atoms. The van der Waals surface area contributed by atoms with Gasteiger partial charge in [0.15, 0.2) is 0 Å². The molecular formula is C24H31N3O5S. The van der Waals surface area contributed by atoms with Crippen LogP contribution in [0.2, 0.25) is 0 Å². The summed E-state index contributed by atoms with van der Waals surface area (Å²) in [4.78, 5) is 38.0. The highest BCUT2D eigenvalue weighted by Crippen LogP contribution is 2.21. The Balaban J connectivity index is 2.13. The molecule has 0 heterocycles. The number of hydrogen-bond donors (Lipinski definition) is 1. The second-order valence-electron chi connectivity index (χ2n) is 7.88. The molecule has 2 amide bonds. The smallest absolute Gasteiger partial charge is 0.269 e. The van der Waals surface area contributed by atoms with E-state index in [1.54, 1.807) is 24.1 Å². The molecule has 0 saturated heterocycles. The number of nitrogens with one attached hydrogen (secondary N) is 1. The van der Waals surface area contributed by atoms with Crippen LogP contribution in [0.1, 0.15) is 38.3 Å². The number of benzene rings is 2. The fraction of sp³-hybridized carbons (Fsp3) is 0.417. The van der Waals surface area contributed by atoms with Crippen molar-refractivity contribution in [1.82, 2.24) is 10.2 Å². The average Bonchev–Trinajstić information content (AvgIpc) is 2.78. The van der Waals surface area contributed by atoms with Gasteiger partial charge in [0.1, 0.15) is 11.8 Å². The van der Waals surface area contributed by atoms with Crippen LogP contribution in [0.25, 0.3) is 0 Å². The van der Waals surface area contributed by atoms with Crippen LogP contribution in [0, 0.1) is 10.1 Å². The third-order valence-corrected chi connectivity index (χ3v) is 5.93. The molecular weight excluding hydrogens is 442 g/mol. The largest absolute Gasteiger partial charge is 0.497 e. The Morgan fingerprint density at radius 3 is 2.42 bits per heavy atom. The summed E-state index contributed by atoms with van der Waals surface area (Å²) in [5.74, 6) is 1.09. The maximum atomic E-state index is 13.2. The first kappa shape index (κ1) is 26.2. The van der Waals surface area contributed by atoms with Crippen LogP contribution in [-0.2, 0) is 21.9 Å². The molecule has 0 fully saturated rings.